The van der Waals surface area contributed by atoms with Crippen LogP contribution in [0, 0.1) is 11.8 Å². The molecule has 1 heterocycles. The van der Waals surface area contributed by atoms with Crippen molar-refractivity contribution in [1.29, 1.82) is 0 Å². The molecule has 1 aromatic carbocycles. The molecule has 2 aliphatic rings. The molecule has 2 saturated carbocycles. The van der Waals surface area contributed by atoms with E-state index in [1.165, 1.54) is 31.2 Å². The van der Waals surface area contributed by atoms with E-state index in [1.54, 1.807) is 11.8 Å². The number of carbonyl (C=O) groups excluding carboxylic acids is 1. The number of hydrogen-bond acceptors (Lipinski definition) is 3. The highest BCUT2D eigenvalue weighted by molar-refractivity contribution is 5.93. The van der Waals surface area contributed by atoms with E-state index in [-0.39, 0.29) is 11.9 Å². The maximum absolute atomic E-state index is 13.1. The fourth-order valence-electron chi connectivity index (χ4n) is 5.15. The maximum atomic E-state index is 13.1. The first-order valence-corrected chi connectivity index (χ1v) is 10.5. The highest BCUT2D eigenvalue weighted by Gasteiger charge is 2.51. The van der Waals surface area contributed by atoms with Gasteiger partial charge in [-0.1, -0.05) is 38.8 Å². The number of hydrogen-bond donors (Lipinski definition) is 1. The molecule has 0 saturated heterocycles. The fourth-order valence-corrected chi connectivity index (χ4v) is 5.15. The second-order valence-electron chi connectivity index (χ2n) is 8.64. The molecule has 150 valence electrons. The molecule has 1 amide bonds. The minimum Gasteiger partial charge on any atom is -0.497 e. The predicted molar refractivity (Wildman–Crippen MR) is 110 cm³/mol. The van der Waals surface area contributed by atoms with E-state index in [0.717, 1.165) is 11.4 Å². The van der Waals surface area contributed by atoms with Gasteiger partial charge in [-0.2, -0.15) is 5.10 Å². The average Bonchev–Trinajstić information content (AvgIpc) is 3.09. The fraction of sp³-hybridized carbons (Fsp3) is 0.565. The van der Waals surface area contributed by atoms with Crippen LogP contribution in [0.15, 0.2) is 30.3 Å². The second kappa shape index (κ2) is 7.61. The summed E-state index contributed by atoms with van der Waals surface area (Å²) in [6.45, 7) is 4.20. The van der Waals surface area contributed by atoms with E-state index in [0.29, 0.717) is 29.4 Å². The molecule has 0 aliphatic heterocycles. The highest BCUT2D eigenvalue weighted by Crippen LogP contribution is 2.54. The molecule has 4 rings (SSSR count). The van der Waals surface area contributed by atoms with Crippen molar-refractivity contribution in [2.75, 3.05) is 7.11 Å². The molecule has 0 unspecified atom stereocenters. The number of nitrogens with one attached hydrogen (secondary N) is 1. The minimum absolute atomic E-state index is 0.00515. The zero-order chi connectivity index (χ0) is 19.8. The molecule has 2 aromatic rings. The van der Waals surface area contributed by atoms with E-state index in [9.17, 15) is 4.79 Å². The van der Waals surface area contributed by atoms with Gasteiger partial charge in [0.2, 0.25) is 0 Å². The van der Waals surface area contributed by atoms with E-state index < -0.39 is 0 Å². The Bertz CT molecular complexity index is 840. The molecule has 5 nitrogen and oxygen atoms in total. The summed E-state index contributed by atoms with van der Waals surface area (Å²) in [5.74, 6) is 2.83. The Morgan fingerprint density at radius 3 is 2.46 bits per heavy atom. The lowest BCUT2D eigenvalue weighted by Gasteiger charge is -2.55. The number of fused-ring (bicyclic) bond motifs is 1. The Hall–Kier alpha value is -2.30. The molecule has 5 heteroatoms. The third-order valence-electron chi connectivity index (χ3n) is 6.71. The summed E-state index contributed by atoms with van der Waals surface area (Å²) < 4.78 is 7.02. The Morgan fingerprint density at radius 2 is 1.86 bits per heavy atom. The number of rotatable bonds is 5. The predicted octanol–water partition coefficient (Wildman–Crippen LogP) is 4.25. The molecule has 0 spiro atoms. The van der Waals surface area contributed by atoms with E-state index in [2.05, 4.69) is 36.4 Å². The standard InChI is InChI=1S/C23H31N3O2/c1-14(2)19-13-20(26(3)25-19)23(27)24-22-18-8-6-5-7-17(18)21(22)15-9-11-16(28-4)12-10-15/h9-14,17-18,21-22H,5-8H2,1-4H3,(H,24,27)/t17-,18+,21+,22+/m1/s1. The van der Waals surface area contributed by atoms with Crippen molar-refractivity contribution in [3.05, 3.63) is 47.3 Å². The van der Waals surface area contributed by atoms with Gasteiger partial charge < -0.3 is 10.1 Å². The number of nitrogens with zero attached hydrogens (tertiary/aromatic N) is 2. The van der Waals surface area contributed by atoms with Gasteiger partial charge in [0.25, 0.3) is 5.91 Å². The third-order valence-corrected chi connectivity index (χ3v) is 6.71. The van der Waals surface area contributed by atoms with Crippen LogP contribution < -0.4 is 10.1 Å². The molecule has 2 aliphatic carbocycles. The lowest BCUT2D eigenvalue weighted by atomic mass is 9.53. The molecule has 1 aromatic heterocycles. The molecule has 2 fully saturated rings. The van der Waals surface area contributed by atoms with E-state index >= 15 is 0 Å². The van der Waals surface area contributed by atoms with Gasteiger partial charge >= 0.3 is 0 Å². The highest BCUT2D eigenvalue weighted by atomic mass is 16.5. The van der Waals surface area contributed by atoms with Crippen LogP contribution in [-0.2, 0) is 7.05 Å². The van der Waals surface area contributed by atoms with E-state index in [1.807, 2.05) is 25.2 Å². The quantitative estimate of drug-likeness (QED) is 0.842. The number of methoxy groups -OCH3 is 1. The van der Waals surface area contributed by atoms with Crippen molar-refractivity contribution in [2.24, 2.45) is 18.9 Å². The number of carbonyl (C=O) groups is 1. The summed E-state index contributed by atoms with van der Waals surface area (Å²) >= 11 is 0. The summed E-state index contributed by atoms with van der Waals surface area (Å²) in [7, 11) is 3.55. The van der Waals surface area contributed by atoms with Crippen molar-refractivity contribution in [3.63, 3.8) is 0 Å². The third kappa shape index (κ3) is 3.31. The number of amides is 1. The van der Waals surface area contributed by atoms with Gasteiger partial charge in [0, 0.05) is 19.0 Å². The monoisotopic (exact) mass is 381 g/mol. The van der Waals surface area contributed by atoms with Crippen LogP contribution in [0.25, 0.3) is 0 Å². The van der Waals surface area contributed by atoms with Crippen LogP contribution >= 0.6 is 0 Å². The summed E-state index contributed by atoms with van der Waals surface area (Å²) in [6.07, 6.45) is 5.04. The van der Waals surface area contributed by atoms with Gasteiger partial charge in [-0.3, -0.25) is 9.48 Å². The molecular weight excluding hydrogens is 350 g/mol. The summed E-state index contributed by atoms with van der Waals surface area (Å²) in [6, 6.07) is 10.5. The Labute approximate surface area is 167 Å². The first-order chi connectivity index (χ1) is 13.5. The van der Waals surface area contributed by atoms with Crippen molar-refractivity contribution in [2.45, 2.75) is 57.4 Å². The maximum Gasteiger partial charge on any atom is 0.269 e. The van der Waals surface area contributed by atoms with E-state index in [4.69, 9.17) is 4.74 Å². The van der Waals surface area contributed by atoms with Gasteiger partial charge in [0.1, 0.15) is 11.4 Å². The van der Waals surface area contributed by atoms with Gasteiger partial charge in [0.05, 0.1) is 12.8 Å². The summed E-state index contributed by atoms with van der Waals surface area (Å²) in [5.41, 5.74) is 2.92. The number of aryl methyl sites for hydroxylation is 1. The van der Waals surface area contributed by atoms with Crippen molar-refractivity contribution < 1.29 is 9.53 Å². The second-order valence-corrected chi connectivity index (χ2v) is 8.64. The van der Waals surface area contributed by atoms with Crippen molar-refractivity contribution in [3.8, 4) is 5.75 Å². The molecule has 1 N–H and O–H groups in total. The molecule has 0 bridgehead atoms. The molecule has 0 radical (unpaired) electrons. The van der Waals surface area contributed by atoms with Crippen molar-refractivity contribution in [1.82, 2.24) is 15.1 Å². The zero-order valence-corrected chi connectivity index (χ0v) is 17.3. The molecule has 28 heavy (non-hydrogen) atoms. The van der Waals surface area contributed by atoms with Crippen LogP contribution in [0.1, 0.15) is 73.1 Å². The first kappa shape index (κ1) is 19.0. The minimum atomic E-state index is -0.00515. The Kier molecular flexibility index (Phi) is 5.17. The van der Waals surface area contributed by atoms with Crippen LogP contribution in [0.3, 0.4) is 0 Å². The van der Waals surface area contributed by atoms with Gasteiger partial charge in [-0.15, -0.1) is 0 Å². The zero-order valence-electron chi connectivity index (χ0n) is 17.3. The lowest BCUT2D eigenvalue weighted by molar-refractivity contribution is 0.0249. The van der Waals surface area contributed by atoms with Crippen LogP contribution in [0.5, 0.6) is 5.75 Å². The van der Waals surface area contributed by atoms with Gasteiger partial charge in [-0.05, 0) is 54.4 Å². The lowest BCUT2D eigenvalue weighted by Crippen LogP contribution is -2.59. The van der Waals surface area contributed by atoms with Gasteiger partial charge in [0.15, 0.2) is 0 Å². The van der Waals surface area contributed by atoms with Gasteiger partial charge in [-0.25, -0.2) is 0 Å². The smallest absolute Gasteiger partial charge is 0.269 e. The first-order valence-electron chi connectivity index (χ1n) is 10.5. The average molecular weight is 382 g/mol. The van der Waals surface area contributed by atoms with Crippen LogP contribution in [-0.4, -0.2) is 28.8 Å². The molecular formula is C23H31N3O2. The topological polar surface area (TPSA) is 56.1 Å². The SMILES string of the molecule is COc1ccc([C@H]2[C@@H]3CCCC[C@@H]3[C@@H]2NC(=O)c2cc(C(C)C)nn2C)cc1. The molecule has 4 atom stereocenters. The van der Waals surface area contributed by atoms with Crippen molar-refractivity contribution >= 4 is 5.91 Å². The normalized spacial score (nSPS) is 26.5. The van der Waals surface area contributed by atoms with Crippen LogP contribution in [0.2, 0.25) is 0 Å². The summed E-state index contributed by atoms with van der Waals surface area (Å²) in [5, 5.41) is 7.87. The Balaban J connectivity index is 1.56. The number of aromatic nitrogens is 2. The number of ether oxygens (including phenoxy) is 1. The number of benzene rings is 1. The largest absolute Gasteiger partial charge is 0.497 e. The Morgan fingerprint density at radius 1 is 1.18 bits per heavy atom. The van der Waals surface area contributed by atoms with Crippen LogP contribution in [0.4, 0.5) is 0 Å². The summed E-state index contributed by atoms with van der Waals surface area (Å²) in [4.78, 5) is 13.1.